The van der Waals surface area contributed by atoms with E-state index >= 15 is 0 Å². The van der Waals surface area contributed by atoms with Crippen LogP contribution >= 0.6 is 0 Å². The second kappa shape index (κ2) is 7.75. The molecule has 1 aliphatic heterocycles. The first-order valence-corrected chi connectivity index (χ1v) is 8.51. The lowest BCUT2D eigenvalue weighted by molar-refractivity contribution is 0.0594. The molecular formula is C20H19F2N3O3. The molecule has 0 unspecified atom stereocenters. The molecule has 0 radical (unpaired) electrons. The van der Waals surface area contributed by atoms with Crippen LogP contribution in [0.25, 0.3) is 0 Å². The van der Waals surface area contributed by atoms with Crippen LogP contribution in [0.2, 0.25) is 0 Å². The number of halogens is 2. The molecule has 0 fully saturated rings. The summed E-state index contributed by atoms with van der Waals surface area (Å²) in [7, 11) is 2.82. The highest BCUT2D eigenvalue weighted by atomic mass is 19.1. The fourth-order valence-electron chi connectivity index (χ4n) is 3.38. The predicted molar refractivity (Wildman–Crippen MR) is 101 cm³/mol. The Morgan fingerprint density at radius 2 is 1.93 bits per heavy atom. The van der Waals surface area contributed by atoms with Gasteiger partial charge < -0.3 is 10.1 Å². The third kappa shape index (κ3) is 3.58. The fourth-order valence-corrected chi connectivity index (χ4v) is 3.38. The van der Waals surface area contributed by atoms with Gasteiger partial charge in [0.2, 0.25) is 0 Å². The van der Waals surface area contributed by atoms with Crippen molar-refractivity contribution in [2.45, 2.75) is 6.04 Å². The Bertz CT molecular complexity index is 931. The monoisotopic (exact) mass is 387 g/mol. The molecule has 0 aromatic heterocycles. The number of carbonyl (C=O) groups excluding carboxylic acids is 2. The van der Waals surface area contributed by atoms with Crippen LogP contribution in [-0.4, -0.2) is 44.2 Å². The Morgan fingerprint density at radius 3 is 2.54 bits per heavy atom. The SMILES string of the molecule is C=NN(C)C[C@H]1C(=O)c2c(cc(F)cc2C(=O)OC)N[C@@H]1c1ccc(F)cc1. The summed E-state index contributed by atoms with van der Waals surface area (Å²) in [6.45, 7) is 3.64. The molecule has 1 aliphatic rings. The number of nitrogens with zero attached hydrogens (tertiary/aromatic N) is 2. The minimum Gasteiger partial charge on any atom is -0.465 e. The van der Waals surface area contributed by atoms with Gasteiger partial charge in [-0.15, -0.1) is 0 Å². The van der Waals surface area contributed by atoms with Crippen LogP contribution in [-0.2, 0) is 4.74 Å². The number of benzene rings is 2. The van der Waals surface area contributed by atoms with E-state index in [1.54, 1.807) is 19.2 Å². The first kappa shape index (κ1) is 19.5. The topological polar surface area (TPSA) is 71.0 Å². The van der Waals surface area contributed by atoms with E-state index in [-0.39, 0.29) is 29.1 Å². The van der Waals surface area contributed by atoms with E-state index in [0.29, 0.717) is 5.56 Å². The summed E-state index contributed by atoms with van der Waals surface area (Å²) in [6, 6.07) is 7.25. The number of fused-ring (bicyclic) bond motifs is 1. The summed E-state index contributed by atoms with van der Waals surface area (Å²) >= 11 is 0. The summed E-state index contributed by atoms with van der Waals surface area (Å²) in [4.78, 5) is 25.4. The van der Waals surface area contributed by atoms with E-state index in [2.05, 4.69) is 17.1 Å². The van der Waals surface area contributed by atoms with Crippen LogP contribution in [0, 0.1) is 17.6 Å². The standard InChI is InChI=1S/C20H19F2N3O3/c1-23-25(2)10-15-18(11-4-6-12(21)7-5-11)24-16-9-13(22)8-14(20(27)28-3)17(16)19(15)26/h4-9,15,18,24H,1,10H2,2-3H3/t15-,18-/m1/s1. The zero-order chi connectivity index (χ0) is 20.4. The van der Waals surface area contributed by atoms with Crippen LogP contribution in [0.15, 0.2) is 41.5 Å². The Kier molecular flexibility index (Phi) is 5.39. The quantitative estimate of drug-likeness (QED) is 0.484. The van der Waals surface area contributed by atoms with Crippen LogP contribution < -0.4 is 5.32 Å². The maximum atomic E-state index is 14.1. The number of ketones is 1. The lowest BCUT2D eigenvalue weighted by atomic mass is 9.80. The maximum absolute atomic E-state index is 14.1. The molecule has 2 atom stereocenters. The Morgan fingerprint density at radius 1 is 1.25 bits per heavy atom. The van der Waals surface area contributed by atoms with Gasteiger partial charge in [-0.2, -0.15) is 5.10 Å². The number of Topliss-reactive ketones (excluding diaryl/α,β-unsaturated/α-hetero) is 1. The average Bonchev–Trinajstić information content (AvgIpc) is 2.69. The zero-order valence-corrected chi connectivity index (χ0v) is 15.4. The van der Waals surface area contributed by atoms with Crippen molar-refractivity contribution in [3.8, 4) is 0 Å². The summed E-state index contributed by atoms with van der Waals surface area (Å²) in [6.07, 6.45) is 0. The number of hydrogen-bond acceptors (Lipinski definition) is 6. The van der Waals surface area contributed by atoms with Crippen molar-refractivity contribution in [3.63, 3.8) is 0 Å². The third-order valence-electron chi connectivity index (χ3n) is 4.74. The molecule has 0 saturated heterocycles. The number of nitrogens with one attached hydrogen (secondary N) is 1. The van der Waals surface area contributed by atoms with Crippen LogP contribution in [0.3, 0.4) is 0 Å². The van der Waals surface area contributed by atoms with Gasteiger partial charge >= 0.3 is 5.97 Å². The number of carbonyl (C=O) groups is 2. The van der Waals surface area contributed by atoms with Crippen molar-refractivity contribution in [1.82, 2.24) is 5.01 Å². The molecule has 0 spiro atoms. The molecule has 0 bridgehead atoms. The highest BCUT2D eigenvalue weighted by molar-refractivity contribution is 6.12. The van der Waals surface area contributed by atoms with Gasteiger partial charge in [-0.05, 0) is 29.8 Å². The average molecular weight is 387 g/mol. The van der Waals surface area contributed by atoms with Crippen molar-refractivity contribution >= 4 is 24.2 Å². The van der Waals surface area contributed by atoms with Crippen molar-refractivity contribution < 1.29 is 23.1 Å². The minimum atomic E-state index is -0.805. The molecule has 8 heteroatoms. The Labute approximate surface area is 160 Å². The smallest absolute Gasteiger partial charge is 0.338 e. The normalized spacial score (nSPS) is 18.1. The minimum absolute atomic E-state index is 0.0640. The summed E-state index contributed by atoms with van der Waals surface area (Å²) in [5.74, 6) is -2.94. The molecule has 1 heterocycles. The maximum Gasteiger partial charge on any atom is 0.338 e. The molecule has 2 aromatic carbocycles. The predicted octanol–water partition coefficient (Wildman–Crippen LogP) is 3.26. The van der Waals surface area contributed by atoms with Crippen molar-refractivity contribution in [2.75, 3.05) is 26.0 Å². The molecule has 146 valence electrons. The second-order valence-corrected chi connectivity index (χ2v) is 6.49. The summed E-state index contributed by atoms with van der Waals surface area (Å²) in [5.41, 5.74) is 0.748. The highest BCUT2D eigenvalue weighted by Gasteiger charge is 2.39. The largest absolute Gasteiger partial charge is 0.465 e. The molecular weight excluding hydrogens is 368 g/mol. The molecule has 0 saturated carbocycles. The Hall–Kier alpha value is -3.29. The van der Waals surface area contributed by atoms with Gasteiger partial charge in [0.05, 0.1) is 30.2 Å². The van der Waals surface area contributed by atoms with Crippen LogP contribution in [0.4, 0.5) is 14.5 Å². The van der Waals surface area contributed by atoms with E-state index in [0.717, 1.165) is 19.2 Å². The molecule has 0 amide bonds. The number of hydrogen-bond donors (Lipinski definition) is 1. The van der Waals surface area contributed by atoms with Crippen LogP contribution in [0.5, 0.6) is 0 Å². The van der Waals surface area contributed by atoms with Gasteiger partial charge in [-0.3, -0.25) is 9.80 Å². The zero-order valence-electron chi connectivity index (χ0n) is 15.4. The number of esters is 1. The van der Waals surface area contributed by atoms with Crippen molar-refractivity contribution in [1.29, 1.82) is 0 Å². The lowest BCUT2D eigenvalue weighted by Crippen LogP contribution is -2.40. The number of methoxy groups -OCH3 is 1. The van der Waals surface area contributed by atoms with Gasteiger partial charge in [-0.1, -0.05) is 12.1 Å². The summed E-state index contributed by atoms with van der Waals surface area (Å²) < 4.78 is 32.1. The number of ether oxygens (including phenoxy) is 1. The van der Waals surface area contributed by atoms with Gasteiger partial charge in [0.25, 0.3) is 0 Å². The van der Waals surface area contributed by atoms with Crippen molar-refractivity contribution in [3.05, 3.63) is 64.7 Å². The molecule has 2 aromatic rings. The van der Waals surface area contributed by atoms with Crippen LogP contribution in [0.1, 0.15) is 32.3 Å². The van der Waals surface area contributed by atoms with Gasteiger partial charge in [0.15, 0.2) is 5.78 Å². The molecule has 0 aliphatic carbocycles. The summed E-state index contributed by atoms with van der Waals surface area (Å²) in [5, 5.41) is 8.41. The molecule has 1 N–H and O–H groups in total. The number of anilines is 1. The lowest BCUT2D eigenvalue weighted by Gasteiger charge is -2.36. The van der Waals surface area contributed by atoms with E-state index in [9.17, 15) is 18.4 Å². The molecule has 3 rings (SSSR count). The first-order chi connectivity index (χ1) is 13.3. The van der Waals surface area contributed by atoms with Gasteiger partial charge in [0.1, 0.15) is 11.6 Å². The second-order valence-electron chi connectivity index (χ2n) is 6.49. The molecule has 28 heavy (non-hydrogen) atoms. The van der Waals surface area contributed by atoms with Gasteiger partial charge in [-0.25, -0.2) is 13.6 Å². The van der Waals surface area contributed by atoms with E-state index in [1.807, 2.05) is 0 Å². The molecule has 6 nitrogen and oxygen atoms in total. The number of rotatable bonds is 5. The highest BCUT2D eigenvalue weighted by Crippen LogP contribution is 2.39. The van der Waals surface area contributed by atoms with E-state index < -0.39 is 29.6 Å². The van der Waals surface area contributed by atoms with Crippen molar-refractivity contribution in [2.24, 2.45) is 11.0 Å². The van der Waals surface area contributed by atoms with E-state index in [1.165, 1.54) is 17.1 Å². The van der Waals surface area contributed by atoms with E-state index in [4.69, 9.17) is 4.74 Å². The first-order valence-electron chi connectivity index (χ1n) is 8.51. The van der Waals surface area contributed by atoms with Gasteiger partial charge in [0, 0.05) is 26.0 Å². The third-order valence-corrected chi connectivity index (χ3v) is 4.74. The Balaban J connectivity index is 2.14. The fraction of sp³-hybridized carbons (Fsp3) is 0.250. The number of hydrazone groups is 1.